The quantitative estimate of drug-likeness (QED) is 0.648. The minimum Gasteiger partial charge on any atom is -0.497 e. The van der Waals surface area contributed by atoms with Crippen LogP contribution >= 0.6 is 12.2 Å². The van der Waals surface area contributed by atoms with Gasteiger partial charge in [-0.15, -0.1) is 0 Å². The van der Waals surface area contributed by atoms with Crippen LogP contribution in [0.1, 0.15) is 15.9 Å². The topological polar surface area (TPSA) is 72.1 Å². The maximum atomic E-state index is 13.3. The molecule has 0 bridgehead atoms. The molecule has 1 heterocycles. The van der Waals surface area contributed by atoms with Crippen molar-refractivity contribution < 1.29 is 32.2 Å². The largest absolute Gasteiger partial charge is 0.497 e. The van der Waals surface area contributed by atoms with Crippen molar-refractivity contribution in [3.8, 4) is 11.5 Å². The highest BCUT2D eigenvalue weighted by Gasteiger charge is 2.32. The van der Waals surface area contributed by atoms with Gasteiger partial charge in [-0.1, -0.05) is 0 Å². The van der Waals surface area contributed by atoms with Crippen LogP contribution in [0.4, 0.5) is 24.5 Å². The molecule has 1 aliphatic heterocycles. The second kappa shape index (κ2) is 10.0. The summed E-state index contributed by atoms with van der Waals surface area (Å²) in [6.45, 7) is 1.95. The Bertz CT molecular complexity index is 995. The first-order valence-corrected chi connectivity index (χ1v) is 10.0. The molecule has 2 aromatic rings. The zero-order valence-electron chi connectivity index (χ0n) is 17.4. The zero-order valence-corrected chi connectivity index (χ0v) is 18.2. The van der Waals surface area contributed by atoms with Crippen molar-refractivity contribution in [1.82, 2.24) is 5.32 Å². The van der Waals surface area contributed by atoms with Gasteiger partial charge in [-0.05, 0) is 42.5 Å². The molecule has 2 N–H and O–H groups in total. The number of morpholine rings is 1. The second-order valence-corrected chi connectivity index (χ2v) is 7.21. The van der Waals surface area contributed by atoms with Crippen LogP contribution < -0.4 is 25.0 Å². The molecule has 1 saturated heterocycles. The molecule has 0 spiro atoms. The number of benzene rings is 2. The van der Waals surface area contributed by atoms with Crippen molar-refractivity contribution in [2.75, 3.05) is 50.7 Å². The first-order valence-electron chi connectivity index (χ1n) is 9.61. The Labute approximate surface area is 188 Å². The van der Waals surface area contributed by atoms with E-state index in [2.05, 4.69) is 10.6 Å². The molecule has 1 aliphatic rings. The van der Waals surface area contributed by atoms with Gasteiger partial charge in [-0.3, -0.25) is 10.1 Å². The van der Waals surface area contributed by atoms with Crippen LogP contribution in [0.2, 0.25) is 0 Å². The summed E-state index contributed by atoms with van der Waals surface area (Å²) in [6.07, 6.45) is -4.53. The number of carbonyl (C=O) groups excluding carboxylic acids is 1. The lowest BCUT2D eigenvalue weighted by Crippen LogP contribution is -2.38. The molecular formula is C21H22F3N3O4S. The predicted molar refractivity (Wildman–Crippen MR) is 118 cm³/mol. The third-order valence-electron chi connectivity index (χ3n) is 4.80. The first kappa shape index (κ1) is 23.6. The molecule has 2 aromatic carbocycles. The van der Waals surface area contributed by atoms with Crippen LogP contribution in [0.3, 0.4) is 0 Å². The van der Waals surface area contributed by atoms with E-state index in [1.165, 1.54) is 32.4 Å². The molecule has 1 amide bonds. The van der Waals surface area contributed by atoms with E-state index in [-0.39, 0.29) is 22.1 Å². The molecule has 0 aromatic heterocycles. The minimum atomic E-state index is -4.53. The molecule has 3 rings (SSSR count). The van der Waals surface area contributed by atoms with Crippen molar-refractivity contribution in [3.05, 3.63) is 47.5 Å². The van der Waals surface area contributed by atoms with Crippen molar-refractivity contribution in [3.63, 3.8) is 0 Å². The van der Waals surface area contributed by atoms with Crippen molar-refractivity contribution in [1.29, 1.82) is 0 Å². The molecule has 7 nitrogen and oxygen atoms in total. The van der Waals surface area contributed by atoms with E-state index in [9.17, 15) is 18.0 Å². The number of ether oxygens (including phenoxy) is 3. The number of hydrogen-bond donors (Lipinski definition) is 2. The number of methoxy groups -OCH3 is 2. The van der Waals surface area contributed by atoms with Crippen molar-refractivity contribution in [2.45, 2.75) is 6.18 Å². The van der Waals surface area contributed by atoms with E-state index in [0.29, 0.717) is 37.7 Å². The van der Waals surface area contributed by atoms with E-state index in [1.807, 2.05) is 4.90 Å². The molecule has 0 unspecified atom stereocenters. The Kier molecular flexibility index (Phi) is 7.41. The summed E-state index contributed by atoms with van der Waals surface area (Å²) in [7, 11) is 2.88. The fourth-order valence-corrected chi connectivity index (χ4v) is 3.41. The third kappa shape index (κ3) is 5.60. The van der Waals surface area contributed by atoms with E-state index in [4.69, 9.17) is 26.4 Å². The summed E-state index contributed by atoms with van der Waals surface area (Å²) >= 11 is 5.21. The highest BCUT2D eigenvalue weighted by Crippen LogP contribution is 2.36. The standard InChI is InChI=1S/C21H22F3N3O4S/c1-29-14-4-5-15(18(12-14)30-2)19(28)26-20(32)25-16-11-13(21(22,23)24)3-6-17(16)27-7-9-31-10-8-27/h3-6,11-12H,7-10H2,1-2H3,(H2,25,26,28,32). The molecule has 0 radical (unpaired) electrons. The number of nitrogens with zero attached hydrogens (tertiary/aromatic N) is 1. The zero-order chi connectivity index (χ0) is 23.3. The van der Waals surface area contributed by atoms with Crippen LogP contribution in [-0.2, 0) is 10.9 Å². The first-order chi connectivity index (χ1) is 15.2. The Morgan fingerprint density at radius 2 is 1.81 bits per heavy atom. The summed E-state index contributed by atoms with van der Waals surface area (Å²) in [4.78, 5) is 14.6. The van der Waals surface area contributed by atoms with Gasteiger partial charge >= 0.3 is 6.18 Å². The molecule has 172 valence electrons. The highest BCUT2D eigenvalue weighted by atomic mass is 32.1. The number of amides is 1. The van der Waals surface area contributed by atoms with Crippen LogP contribution in [0.25, 0.3) is 0 Å². The molecule has 32 heavy (non-hydrogen) atoms. The number of nitrogens with one attached hydrogen (secondary N) is 2. The number of anilines is 2. The van der Waals surface area contributed by atoms with Gasteiger partial charge in [0, 0.05) is 19.2 Å². The summed E-state index contributed by atoms with van der Waals surface area (Å²) in [5, 5.41) is 5.06. The molecule has 0 atom stereocenters. The van der Waals surface area contributed by atoms with Crippen molar-refractivity contribution in [2.24, 2.45) is 0 Å². The number of alkyl halides is 3. The number of hydrogen-bond acceptors (Lipinski definition) is 6. The van der Waals surface area contributed by atoms with Gasteiger partial charge in [-0.25, -0.2) is 0 Å². The highest BCUT2D eigenvalue weighted by molar-refractivity contribution is 7.80. The Hall–Kier alpha value is -3.05. The lowest BCUT2D eigenvalue weighted by molar-refractivity contribution is -0.137. The fraction of sp³-hybridized carbons (Fsp3) is 0.333. The van der Waals surface area contributed by atoms with Crippen molar-refractivity contribution >= 4 is 34.6 Å². The predicted octanol–water partition coefficient (Wildman–Crippen LogP) is 3.69. The number of halogens is 3. The van der Waals surface area contributed by atoms with Gasteiger partial charge < -0.3 is 24.4 Å². The van der Waals surface area contributed by atoms with Gasteiger partial charge in [0.25, 0.3) is 5.91 Å². The van der Waals surface area contributed by atoms with Gasteiger partial charge in [-0.2, -0.15) is 13.2 Å². The minimum absolute atomic E-state index is 0.133. The van der Waals surface area contributed by atoms with Crippen LogP contribution in [0.5, 0.6) is 11.5 Å². The van der Waals surface area contributed by atoms with Crippen LogP contribution in [0.15, 0.2) is 36.4 Å². The summed E-state index contributed by atoms with van der Waals surface area (Å²) in [6, 6.07) is 7.98. The average molecular weight is 469 g/mol. The molecule has 1 fully saturated rings. The SMILES string of the molecule is COc1ccc(C(=O)NC(=S)Nc2cc(C(F)(F)F)ccc2N2CCOCC2)c(OC)c1. The Morgan fingerprint density at radius 3 is 2.44 bits per heavy atom. The van der Waals surface area contributed by atoms with Crippen LogP contribution in [0, 0.1) is 0 Å². The monoisotopic (exact) mass is 469 g/mol. The number of rotatable bonds is 5. The van der Waals surface area contributed by atoms with E-state index in [0.717, 1.165) is 12.1 Å². The molecule has 0 aliphatic carbocycles. The summed E-state index contributed by atoms with van der Waals surface area (Å²) in [5.41, 5.74) is 0.0199. The second-order valence-electron chi connectivity index (χ2n) is 6.80. The third-order valence-corrected chi connectivity index (χ3v) is 5.01. The van der Waals surface area contributed by atoms with Gasteiger partial charge in [0.15, 0.2) is 5.11 Å². The van der Waals surface area contributed by atoms with E-state index in [1.54, 1.807) is 6.07 Å². The van der Waals surface area contributed by atoms with Gasteiger partial charge in [0.2, 0.25) is 0 Å². The maximum Gasteiger partial charge on any atom is 0.416 e. The van der Waals surface area contributed by atoms with Gasteiger partial charge in [0.1, 0.15) is 11.5 Å². The number of carbonyl (C=O) groups is 1. The number of thiocarbonyl (C=S) groups is 1. The fourth-order valence-electron chi connectivity index (χ4n) is 3.20. The lowest BCUT2D eigenvalue weighted by atomic mass is 10.1. The van der Waals surface area contributed by atoms with Crippen LogP contribution in [-0.4, -0.2) is 51.5 Å². The maximum absolute atomic E-state index is 13.3. The lowest BCUT2D eigenvalue weighted by Gasteiger charge is -2.31. The summed E-state index contributed by atoms with van der Waals surface area (Å²) < 4.78 is 55.4. The van der Waals surface area contributed by atoms with E-state index < -0.39 is 17.6 Å². The molecular weight excluding hydrogens is 447 g/mol. The Morgan fingerprint density at radius 1 is 1.09 bits per heavy atom. The average Bonchev–Trinajstić information content (AvgIpc) is 2.78. The molecule has 0 saturated carbocycles. The smallest absolute Gasteiger partial charge is 0.416 e. The Balaban J connectivity index is 1.82. The van der Waals surface area contributed by atoms with Gasteiger partial charge in [0.05, 0.1) is 49.9 Å². The molecule has 11 heteroatoms. The summed E-state index contributed by atoms with van der Waals surface area (Å²) in [5.74, 6) is 0.179. The van der Waals surface area contributed by atoms with E-state index >= 15 is 0 Å². The normalized spacial score (nSPS) is 14.0.